The second kappa shape index (κ2) is 9.26. The summed E-state index contributed by atoms with van der Waals surface area (Å²) in [6, 6.07) is 9.55. The van der Waals surface area contributed by atoms with Crippen LogP contribution in [0.3, 0.4) is 0 Å². The molecule has 2 aromatic carbocycles. The van der Waals surface area contributed by atoms with E-state index in [-0.39, 0.29) is 11.5 Å². The minimum absolute atomic E-state index is 0.171. The number of fused-ring (bicyclic) bond motifs is 1. The van der Waals surface area contributed by atoms with Gasteiger partial charge in [0, 0.05) is 18.8 Å². The number of hydrogen-bond donors (Lipinski definition) is 1. The van der Waals surface area contributed by atoms with E-state index in [1.807, 2.05) is 45.2 Å². The first-order valence-electron chi connectivity index (χ1n) is 10.9. The molecule has 0 amide bonds. The fraction of sp³-hybridized carbons (Fsp3) is 0.375. The van der Waals surface area contributed by atoms with Crippen LogP contribution in [0.1, 0.15) is 13.3 Å². The fourth-order valence-corrected chi connectivity index (χ4v) is 6.90. The third-order valence-electron chi connectivity index (χ3n) is 6.69. The van der Waals surface area contributed by atoms with Crippen molar-refractivity contribution in [3.8, 4) is 23.0 Å². The van der Waals surface area contributed by atoms with E-state index in [0.29, 0.717) is 32.0 Å². The summed E-state index contributed by atoms with van der Waals surface area (Å²) in [5, 5.41) is 9.89. The Labute approximate surface area is 230 Å². The van der Waals surface area contributed by atoms with Gasteiger partial charge in [-0.3, -0.25) is 9.59 Å². The van der Waals surface area contributed by atoms with Gasteiger partial charge in [-0.25, -0.2) is 4.79 Å². The molecule has 190 valence electrons. The largest absolute Gasteiger partial charge is 0.506 e. The summed E-state index contributed by atoms with van der Waals surface area (Å²) in [6.45, 7) is 0.425. The van der Waals surface area contributed by atoms with E-state index >= 15 is 0 Å². The maximum atomic E-state index is 13.4. The van der Waals surface area contributed by atoms with Crippen LogP contribution < -0.4 is 9.47 Å². The molecule has 3 aliphatic rings. The number of benzene rings is 2. The summed E-state index contributed by atoms with van der Waals surface area (Å²) in [5.41, 5.74) is 0. The van der Waals surface area contributed by atoms with Gasteiger partial charge in [0.1, 0.15) is 35.2 Å². The van der Waals surface area contributed by atoms with Crippen LogP contribution >= 0.6 is 45.2 Å². The number of esters is 3. The van der Waals surface area contributed by atoms with Crippen LogP contribution in [0.25, 0.3) is 0 Å². The van der Waals surface area contributed by atoms with Gasteiger partial charge in [-0.2, -0.15) is 8.78 Å². The average molecular weight is 726 g/mol. The summed E-state index contributed by atoms with van der Waals surface area (Å²) >= 11 is 3.99. The Bertz CT molecular complexity index is 1220. The fourth-order valence-electron chi connectivity index (χ4n) is 5.19. The summed E-state index contributed by atoms with van der Waals surface area (Å²) in [6.07, 6.45) is -1.61. The lowest BCUT2D eigenvalue weighted by Crippen LogP contribution is -2.46. The van der Waals surface area contributed by atoms with Crippen molar-refractivity contribution < 1.29 is 47.2 Å². The van der Waals surface area contributed by atoms with E-state index < -0.39 is 59.7 Å². The van der Waals surface area contributed by atoms with Gasteiger partial charge < -0.3 is 24.1 Å². The van der Waals surface area contributed by atoms with Crippen LogP contribution in [0, 0.1) is 30.8 Å². The molecule has 1 saturated heterocycles. The Hall–Kier alpha value is -2.23. The molecule has 8 nitrogen and oxygen atoms in total. The minimum atomic E-state index is -3.71. The molecule has 0 aromatic heterocycles. The number of phenols is 1. The van der Waals surface area contributed by atoms with Crippen LogP contribution in [0.4, 0.5) is 8.78 Å². The lowest BCUT2D eigenvalue weighted by atomic mass is 9.78. The Morgan fingerprint density at radius 2 is 1.67 bits per heavy atom. The van der Waals surface area contributed by atoms with Crippen molar-refractivity contribution in [2.24, 2.45) is 23.7 Å². The highest BCUT2D eigenvalue weighted by molar-refractivity contribution is 14.1. The number of halogens is 4. The molecular formula is C24H18F2I2O8. The van der Waals surface area contributed by atoms with Crippen LogP contribution in [0.15, 0.2) is 36.4 Å². The Morgan fingerprint density at radius 3 is 2.28 bits per heavy atom. The molecule has 2 aliphatic carbocycles. The minimum Gasteiger partial charge on any atom is -0.506 e. The number of carbonyl (C=O) groups is 3. The summed E-state index contributed by atoms with van der Waals surface area (Å²) in [4.78, 5) is 37.3. The van der Waals surface area contributed by atoms with Gasteiger partial charge in [-0.15, -0.1) is 0 Å². The number of ether oxygens (including phenoxy) is 4. The number of phenolic OH excluding ortho intramolecular Hbond substituents is 1. The normalized spacial score (nSPS) is 28.1. The molecule has 3 fully saturated rings. The molecule has 0 spiro atoms. The molecular weight excluding hydrogens is 708 g/mol. The molecule has 2 aromatic rings. The van der Waals surface area contributed by atoms with Gasteiger partial charge in [-0.05, 0) is 88.0 Å². The second-order valence-electron chi connectivity index (χ2n) is 9.00. The number of rotatable bonds is 6. The van der Waals surface area contributed by atoms with Crippen LogP contribution in [-0.4, -0.2) is 41.1 Å². The predicted molar refractivity (Wildman–Crippen MR) is 135 cm³/mol. The van der Waals surface area contributed by atoms with Gasteiger partial charge in [0.25, 0.3) is 0 Å². The quantitative estimate of drug-likeness (QED) is 0.260. The Kier molecular flexibility index (Phi) is 6.54. The third-order valence-corrected chi connectivity index (χ3v) is 8.33. The molecule has 0 radical (unpaired) electrons. The van der Waals surface area contributed by atoms with E-state index in [4.69, 9.17) is 18.9 Å². The summed E-state index contributed by atoms with van der Waals surface area (Å²) in [5.74, 6) is -8.20. The third kappa shape index (κ3) is 4.50. The average Bonchev–Trinajstić information content (AvgIpc) is 3.42. The molecule has 1 aliphatic heterocycles. The number of carbonyl (C=O) groups excluding carboxylic acids is 3. The molecule has 36 heavy (non-hydrogen) atoms. The highest BCUT2D eigenvalue weighted by atomic mass is 127. The maximum absolute atomic E-state index is 13.4. The van der Waals surface area contributed by atoms with E-state index in [9.17, 15) is 28.3 Å². The zero-order valence-corrected chi connectivity index (χ0v) is 22.8. The van der Waals surface area contributed by atoms with Crippen molar-refractivity contribution >= 4 is 63.1 Å². The first-order valence-corrected chi connectivity index (χ1v) is 13.1. The van der Waals surface area contributed by atoms with Crippen LogP contribution in [0.2, 0.25) is 0 Å². The van der Waals surface area contributed by atoms with Gasteiger partial charge in [-0.1, -0.05) is 0 Å². The standard InChI is InChI=1S/C24H18F2I2O8/c1-24(25,26)23(32)36-20-13-8-12-17(22(31)35-19(12)20)16(13)21(30)34-10-4-2-9(3-5-10)33-11-6-14(27)18(29)15(28)7-11/h2-7,12-13,16-17,19-20,29H,8H2,1H3. The highest BCUT2D eigenvalue weighted by Crippen LogP contribution is 2.59. The molecule has 2 bridgehead atoms. The molecule has 1 heterocycles. The van der Waals surface area contributed by atoms with Crippen molar-refractivity contribution in [2.75, 3.05) is 0 Å². The molecule has 5 rings (SSSR count). The maximum Gasteiger partial charge on any atom is 0.377 e. The Balaban J connectivity index is 1.28. The van der Waals surface area contributed by atoms with E-state index in [1.54, 1.807) is 24.3 Å². The van der Waals surface area contributed by atoms with Crippen molar-refractivity contribution in [2.45, 2.75) is 31.5 Å². The van der Waals surface area contributed by atoms with E-state index in [0.717, 1.165) is 0 Å². The lowest BCUT2D eigenvalue weighted by molar-refractivity contribution is -0.185. The van der Waals surface area contributed by atoms with Crippen molar-refractivity contribution in [3.05, 3.63) is 43.5 Å². The predicted octanol–water partition coefficient (Wildman–Crippen LogP) is 4.67. The zero-order chi connectivity index (χ0) is 25.9. The monoisotopic (exact) mass is 726 g/mol. The smallest absolute Gasteiger partial charge is 0.377 e. The van der Waals surface area contributed by atoms with Crippen molar-refractivity contribution in [1.82, 2.24) is 0 Å². The number of alkyl halides is 2. The Morgan fingerprint density at radius 1 is 1.06 bits per heavy atom. The molecule has 6 atom stereocenters. The first kappa shape index (κ1) is 25.4. The zero-order valence-electron chi connectivity index (χ0n) is 18.5. The van der Waals surface area contributed by atoms with E-state index in [2.05, 4.69) is 0 Å². The summed E-state index contributed by atoms with van der Waals surface area (Å²) < 4.78 is 49.7. The van der Waals surface area contributed by atoms with Gasteiger partial charge in [0.05, 0.1) is 19.0 Å². The number of aromatic hydroxyl groups is 1. The molecule has 6 unspecified atom stereocenters. The second-order valence-corrected chi connectivity index (χ2v) is 11.3. The van der Waals surface area contributed by atoms with Crippen molar-refractivity contribution in [1.29, 1.82) is 0 Å². The molecule has 12 heteroatoms. The molecule has 2 saturated carbocycles. The van der Waals surface area contributed by atoms with Gasteiger partial charge in [0.2, 0.25) is 0 Å². The van der Waals surface area contributed by atoms with Gasteiger partial charge in [0.15, 0.2) is 0 Å². The van der Waals surface area contributed by atoms with Crippen LogP contribution in [0.5, 0.6) is 23.0 Å². The van der Waals surface area contributed by atoms with E-state index in [1.165, 1.54) is 12.1 Å². The molecule has 1 N–H and O–H groups in total. The lowest BCUT2D eigenvalue weighted by Gasteiger charge is -2.30. The topological polar surface area (TPSA) is 108 Å². The van der Waals surface area contributed by atoms with Gasteiger partial charge >= 0.3 is 23.8 Å². The summed E-state index contributed by atoms with van der Waals surface area (Å²) in [7, 11) is 0. The van der Waals surface area contributed by atoms with Crippen molar-refractivity contribution in [3.63, 3.8) is 0 Å². The first-order chi connectivity index (χ1) is 16.9. The SMILES string of the molecule is CC(F)(F)C(=O)OC1C2CC3C1OC(=O)C3C2C(=O)Oc1ccc(Oc2cc(I)c(O)c(I)c2)cc1. The number of hydrogen-bond acceptors (Lipinski definition) is 8. The van der Waals surface area contributed by atoms with Crippen LogP contribution in [-0.2, 0) is 23.9 Å². The highest BCUT2D eigenvalue weighted by Gasteiger charge is 2.70.